The number of amides is 1. The average Bonchev–Trinajstić information content (AvgIpc) is 3.22. The zero-order valence-corrected chi connectivity index (χ0v) is 20.7. The Morgan fingerprint density at radius 3 is 2.06 bits per heavy atom. The second-order valence-electron chi connectivity index (χ2n) is 10.1. The molecule has 0 unspecified atom stereocenters. The SMILES string of the molecule is CCCc1ccc(C2CCC(NC(=O)OCC3c4ccccc4-c4ccccc43)(C(=O)O)CC2)cc1. The van der Waals surface area contributed by atoms with Gasteiger partial charge in [0.25, 0.3) is 0 Å². The molecule has 0 heterocycles. The Morgan fingerprint density at radius 1 is 0.917 bits per heavy atom. The predicted octanol–water partition coefficient (Wildman–Crippen LogP) is 6.66. The van der Waals surface area contributed by atoms with Crippen LogP contribution in [0.1, 0.15) is 73.1 Å². The minimum atomic E-state index is -1.29. The summed E-state index contributed by atoms with van der Waals surface area (Å²) in [6.07, 6.45) is 3.71. The lowest BCUT2D eigenvalue weighted by atomic mass is 9.74. The highest BCUT2D eigenvalue weighted by Gasteiger charge is 2.44. The highest BCUT2D eigenvalue weighted by atomic mass is 16.5. The molecular formula is C31H33NO4. The Bertz CT molecular complexity index is 1200. The molecule has 186 valence electrons. The van der Waals surface area contributed by atoms with Crippen LogP contribution in [-0.4, -0.2) is 29.3 Å². The number of fused-ring (bicyclic) bond motifs is 3. The summed E-state index contributed by atoms with van der Waals surface area (Å²) in [5.41, 5.74) is 5.86. The van der Waals surface area contributed by atoms with Crippen LogP contribution in [0.25, 0.3) is 11.1 Å². The molecule has 3 aromatic rings. The molecule has 0 aromatic heterocycles. The first kappa shape index (κ1) is 24.1. The van der Waals surface area contributed by atoms with E-state index in [-0.39, 0.29) is 12.5 Å². The van der Waals surface area contributed by atoms with Gasteiger partial charge in [0, 0.05) is 5.92 Å². The molecule has 2 N–H and O–H groups in total. The molecule has 5 rings (SSSR count). The molecular weight excluding hydrogens is 450 g/mol. The molecule has 0 saturated heterocycles. The lowest BCUT2D eigenvalue weighted by molar-refractivity contribution is -0.146. The van der Waals surface area contributed by atoms with Crippen LogP contribution in [0, 0.1) is 0 Å². The molecule has 0 bridgehead atoms. The number of carboxylic acid groups (broad SMARTS) is 1. The van der Waals surface area contributed by atoms with Gasteiger partial charge in [-0.2, -0.15) is 0 Å². The number of rotatable bonds is 7. The summed E-state index contributed by atoms with van der Waals surface area (Å²) in [4.78, 5) is 25.1. The number of hydrogen-bond donors (Lipinski definition) is 2. The van der Waals surface area contributed by atoms with Crippen molar-refractivity contribution in [3.8, 4) is 11.1 Å². The van der Waals surface area contributed by atoms with Crippen molar-refractivity contribution in [1.29, 1.82) is 0 Å². The van der Waals surface area contributed by atoms with Crippen LogP contribution in [0.15, 0.2) is 72.8 Å². The van der Waals surface area contributed by atoms with Gasteiger partial charge in [-0.3, -0.25) is 0 Å². The van der Waals surface area contributed by atoms with E-state index < -0.39 is 17.6 Å². The van der Waals surface area contributed by atoms with Gasteiger partial charge in [-0.25, -0.2) is 9.59 Å². The molecule has 2 aliphatic carbocycles. The Balaban J connectivity index is 1.22. The van der Waals surface area contributed by atoms with E-state index in [1.807, 2.05) is 24.3 Å². The molecule has 2 aliphatic rings. The number of carbonyl (C=O) groups excluding carboxylic acids is 1. The number of alkyl carbamates (subject to hydrolysis) is 1. The van der Waals surface area contributed by atoms with Gasteiger partial charge in [-0.15, -0.1) is 0 Å². The molecule has 1 amide bonds. The number of carboxylic acids is 1. The zero-order chi connectivity index (χ0) is 25.1. The van der Waals surface area contributed by atoms with E-state index in [9.17, 15) is 14.7 Å². The smallest absolute Gasteiger partial charge is 0.408 e. The second kappa shape index (κ2) is 10.2. The van der Waals surface area contributed by atoms with Crippen LogP contribution in [-0.2, 0) is 16.0 Å². The van der Waals surface area contributed by atoms with Crippen molar-refractivity contribution in [1.82, 2.24) is 5.32 Å². The van der Waals surface area contributed by atoms with E-state index in [0.717, 1.165) is 35.1 Å². The third-order valence-electron chi connectivity index (χ3n) is 7.92. The Hall–Kier alpha value is -3.60. The number of benzene rings is 3. The van der Waals surface area contributed by atoms with Crippen molar-refractivity contribution < 1.29 is 19.4 Å². The first-order chi connectivity index (χ1) is 17.5. The zero-order valence-electron chi connectivity index (χ0n) is 20.7. The summed E-state index contributed by atoms with van der Waals surface area (Å²) in [6, 6.07) is 25.0. The number of nitrogens with one attached hydrogen (secondary N) is 1. The Morgan fingerprint density at radius 2 is 1.50 bits per heavy atom. The second-order valence-corrected chi connectivity index (χ2v) is 10.1. The van der Waals surface area contributed by atoms with Gasteiger partial charge in [0.05, 0.1) is 0 Å². The van der Waals surface area contributed by atoms with Crippen LogP contribution in [0.2, 0.25) is 0 Å². The number of ether oxygens (including phenoxy) is 1. The van der Waals surface area contributed by atoms with Gasteiger partial charge in [-0.05, 0) is 71.4 Å². The van der Waals surface area contributed by atoms with Crippen molar-refractivity contribution in [3.05, 3.63) is 95.1 Å². The monoisotopic (exact) mass is 483 g/mol. The lowest BCUT2D eigenvalue weighted by Gasteiger charge is -2.37. The van der Waals surface area contributed by atoms with E-state index >= 15 is 0 Å². The van der Waals surface area contributed by atoms with Crippen molar-refractivity contribution in [3.63, 3.8) is 0 Å². The first-order valence-electron chi connectivity index (χ1n) is 13.0. The number of aliphatic carboxylic acids is 1. The summed E-state index contributed by atoms with van der Waals surface area (Å²) in [6.45, 7) is 2.34. The predicted molar refractivity (Wildman–Crippen MR) is 140 cm³/mol. The van der Waals surface area contributed by atoms with Gasteiger partial charge < -0.3 is 15.2 Å². The molecule has 1 saturated carbocycles. The van der Waals surface area contributed by atoms with E-state index in [1.165, 1.54) is 11.1 Å². The normalized spacial score (nSPS) is 20.9. The van der Waals surface area contributed by atoms with Gasteiger partial charge in [0.15, 0.2) is 0 Å². The molecule has 5 heteroatoms. The van der Waals surface area contributed by atoms with Crippen molar-refractivity contribution in [2.75, 3.05) is 6.61 Å². The number of aryl methyl sites for hydroxylation is 1. The third kappa shape index (κ3) is 4.62. The van der Waals surface area contributed by atoms with E-state index in [0.29, 0.717) is 31.6 Å². The summed E-state index contributed by atoms with van der Waals surface area (Å²) in [5.74, 6) is -0.749. The Kier molecular flexibility index (Phi) is 6.82. The van der Waals surface area contributed by atoms with Gasteiger partial charge in [-0.1, -0.05) is 86.1 Å². The maximum Gasteiger partial charge on any atom is 0.408 e. The molecule has 0 spiro atoms. The minimum absolute atomic E-state index is 0.0599. The molecule has 5 nitrogen and oxygen atoms in total. The maximum atomic E-state index is 12.9. The Labute approximate surface area is 212 Å². The number of hydrogen-bond acceptors (Lipinski definition) is 3. The molecule has 3 aromatic carbocycles. The van der Waals surface area contributed by atoms with Crippen LogP contribution < -0.4 is 5.32 Å². The van der Waals surface area contributed by atoms with Crippen LogP contribution >= 0.6 is 0 Å². The van der Waals surface area contributed by atoms with Crippen LogP contribution in [0.4, 0.5) is 4.79 Å². The average molecular weight is 484 g/mol. The fourth-order valence-corrected chi connectivity index (χ4v) is 5.91. The van der Waals surface area contributed by atoms with Gasteiger partial charge >= 0.3 is 12.1 Å². The highest BCUT2D eigenvalue weighted by molar-refractivity contribution is 5.85. The van der Waals surface area contributed by atoms with Gasteiger partial charge in [0.1, 0.15) is 12.1 Å². The summed E-state index contributed by atoms with van der Waals surface area (Å²) < 4.78 is 5.65. The van der Waals surface area contributed by atoms with Gasteiger partial charge in [0.2, 0.25) is 0 Å². The highest BCUT2D eigenvalue weighted by Crippen LogP contribution is 2.44. The third-order valence-corrected chi connectivity index (χ3v) is 7.92. The fraction of sp³-hybridized carbons (Fsp3) is 0.355. The standard InChI is InChI=1S/C31H33NO4/c1-2-7-21-12-14-22(15-13-21)23-16-18-31(19-17-23,29(33)34)32-30(35)36-20-28-26-10-5-3-8-24(26)25-9-4-6-11-27(25)28/h3-6,8-15,23,28H,2,7,16-20H2,1H3,(H,32,35)(H,33,34). The first-order valence-corrected chi connectivity index (χ1v) is 13.0. The largest absolute Gasteiger partial charge is 0.480 e. The van der Waals surface area contributed by atoms with E-state index in [2.05, 4.69) is 60.8 Å². The minimum Gasteiger partial charge on any atom is -0.480 e. The van der Waals surface area contributed by atoms with Crippen LogP contribution in [0.3, 0.4) is 0 Å². The molecule has 36 heavy (non-hydrogen) atoms. The molecule has 0 atom stereocenters. The number of carbonyl (C=O) groups is 2. The van der Waals surface area contributed by atoms with Crippen molar-refractivity contribution in [2.45, 2.75) is 62.8 Å². The molecule has 0 radical (unpaired) electrons. The lowest BCUT2D eigenvalue weighted by Crippen LogP contribution is -2.56. The summed E-state index contributed by atoms with van der Waals surface area (Å²) in [7, 11) is 0. The summed E-state index contributed by atoms with van der Waals surface area (Å²) >= 11 is 0. The van der Waals surface area contributed by atoms with E-state index in [4.69, 9.17) is 4.74 Å². The van der Waals surface area contributed by atoms with Crippen molar-refractivity contribution >= 4 is 12.1 Å². The quantitative estimate of drug-likeness (QED) is 0.394. The van der Waals surface area contributed by atoms with E-state index in [1.54, 1.807) is 0 Å². The maximum absolute atomic E-state index is 12.9. The molecule has 1 fully saturated rings. The fourth-order valence-electron chi connectivity index (χ4n) is 5.91. The summed E-state index contributed by atoms with van der Waals surface area (Å²) in [5, 5.41) is 12.8. The topological polar surface area (TPSA) is 75.6 Å². The van der Waals surface area contributed by atoms with Crippen molar-refractivity contribution in [2.24, 2.45) is 0 Å². The molecule has 0 aliphatic heterocycles. The van der Waals surface area contributed by atoms with Crippen LogP contribution in [0.5, 0.6) is 0 Å².